The second-order valence-electron chi connectivity index (χ2n) is 6.27. The lowest BCUT2D eigenvalue weighted by Crippen LogP contribution is -2.10. The first kappa shape index (κ1) is 21.0. The number of hydrogen-bond donors (Lipinski definition) is 2. The lowest BCUT2D eigenvalue weighted by atomic mass is 10.2. The Labute approximate surface area is 193 Å². The van der Waals surface area contributed by atoms with Crippen molar-refractivity contribution in [2.75, 3.05) is 10.6 Å². The van der Waals surface area contributed by atoms with E-state index in [-0.39, 0.29) is 23.3 Å². The Morgan fingerprint density at radius 3 is 1.32 bits per heavy atom. The van der Waals surface area contributed by atoms with Gasteiger partial charge in [0.25, 0.3) is 11.8 Å². The summed E-state index contributed by atoms with van der Waals surface area (Å²) in [5, 5.41) is 5.49. The maximum Gasteiger partial charge on any atom is 0.291 e. The number of carbonyl (C=O) groups is 2. The zero-order valence-electron chi connectivity index (χ0n) is 15.7. The van der Waals surface area contributed by atoms with Crippen molar-refractivity contribution >= 4 is 55.0 Å². The minimum atomic E-state index is -0.348. The average Bonchev–Trinajstić information content (AvgIpc) is 3.39. The normalized spacial score (nSPS) is 10.5. The van der Waals surface area contributed by atoms with Gasteiger partial charge in [0, 0.05) is 11.4 Å². The number of amides is 2. The summed E-state index contributed by atoms with van der Waals surface area (Å²) in [5.41, 5.74) is 1.21. The molecular formula is C22H14Br2N2O5. The fourth-order valence-electron chi connectivity index (χ4n) is 2.61. The first-order valence-electron chi connectivity index (χ1n) is 8.98. The zero-order chi connectivity index (χ0) is 21.8. The third-order valence-corrected chi connectivity index (χ3v) is 4.91. The van der Waals surface area contributed by atoms with Gasteiger partial charge in [-0.25, -0.2) is 0 Å². The molecule has 7 nitrogen and oxygen atoms in total. The zero-order valence-corrected chi connectivity index (χ0v) is 18.9. The largest absolute Gasteiger partial charge is 0.457 e. The lowest BCUT2D eigenvalue weighted by molar-refractivity contribution is 0.0988. The average molecular weight is 546 g/mol. The monoisotopic (exact) mass is 544 g/mol. The van der Waals surface area contributed by atoms with E-state index < -0.39 is 0 Å². The summed E-state index contributed by atoms with van der Waals surface area (Å²) in [6.07, 6.45) is 0. The first-order chi connectivity index (χ1) is 15.0. The number of anilines is 2. The summed E-state index contributed by atoms with van der Waals surface area (Å²) in [6, 6.07) is 20.3. The van der Waals surface area contributed by atoms with Crippen molar-refractivity contribution in [1.82, 2.24) is 0 Å². The molecule has 0 atom stereocenters. The van der Waals surface area contributed by atoms with Crippen molar-refractivity contribution < 1.29 is 23.2 Å². The summed E-state index contributed by atoms with van der Waals surface area (Å²) in [7, 11) is 0. The highest BCUT2D eigenvalue weighted by Crippen LogP contribution is 2.25. The van der Waals surface area contributed by atoms with Crippen LogP contribution in [0.5, 0.6) is 11.5 Å². The third-order valence-electron chi connectivity index (χ3n) is 4.05. The van der Waals surface area contributed by atoms with Crippen molar-refractivity contribution in [3.8, 4) is 11.5 Å². The van der Waals surface area contributed by atoms with Crippen LogP contribution in [0.2, 0.25) is 0 Å². The molecule has 9 heteroatoms. The molecule has 0 aliphatic carbocycles. The number of nitrogens with one attached hydrogen (secondary N) is 2. The van der Waals surface area contributed by atoms with Crippen LogP contribution in [0.3, 0.4) is 0 Å². The second kappa shape index (κ2) is 9.23. The third kappa shape index (κ3) is 5.44. The molecule has 0 bridgehead atoms. The minimum absolute atomic E-state index is 0.207. The first-order valence-corrected chi connectivity index (χ1v) is 10.6. The fraction of sp³-hybridized carbons (Fsp3) is 0. The van der Waals surface area contributed by atoms with E-state index in [1.54, 1.807) is 72.8 Å². The summed E-state index contributed by atoms with van der Waals surface area (Å²) in [5.74, 6) is 0.905. The number of carbonyl (C=O) groups excluding carboxylic acids is 2. The molecule has 0 unspecified atom stereocenters. The Balaban J connectivity index is 1.33. The molecule has 2 N–H and O–H groups in total. The summed E-state index contributed by atoms with van der Waals surface area (Å²) >= 11 is 6.33. The highest BCUT2D eigenvalue weighted by molar-refractivity contribution is 9.10. The van der Waals surface area contributed by atoms with Crippen LogP contribution in [0.15, 0.2) is 91.0 Å². The van der Waals surface area contributed by atoms with E-state index in [0.717, 1.165) is 0 Å². The predicted molar refractivity (Wildman–Crippen MR) is 122 cm³/mol. The van der Waals surface area contributed by atoms with Crippen LogP contribution in [-0.4, -0.2) is 11.8 Å². The molecule has 2 amide bonds. The number of ether oxygens (including phenoxy) is 1. The molecule has 0 fully saturated rings. The van der Waals surface area contributed by atoms with Gasteiger partial charge >= 0.3 is 0 Å². The quantitative estimate of drug-likeness (QED) is 0.281. The molecule has 0 spiro atoms. The smallest absolute Gasteiger partial charge is 0.291 e. The summed E-state index contributed by atoms with van der Waals surface area (Å²) in [4.78, 5) is 24.2. The van der Waals surface area contributed by atoms with Gasteiger partial charge in [0.1, 0.15) is 11.5 Å². The minimum Gasteiger partial charge on any atom is -0.457 e. The second-order valence-corrected chi connectivity index (χ2v) is 7.83. The van der Waals surface area contributed by atoms with Gasteiger partial charge in [0.05, 0.1) is 0 Å². The Morgan fingerprint density at radius 2 is 1.00 bits per heavy atom. The van der Waals surface area contributed by atoms with Gasteiger partial charge in [-0.1, -0.05) is 0 Å². The van der Waals surface area contributed by atoms with E-state index in [2.05, 4.69) is 42.5 Å². The van der Waals surface area contributed by atoms with Crippen LogP contribution < -0.4 is 15.4 Å². The van der Waals surface area contributed by atoms with Crippen molar-refractivity contribution in [2.45, 2.75) is 0 Å². The molecule has 31 heavy (non-hydrogen) atoms. The van der Waals surface area contributed by atoms with Gasteiger partial charge < -0.3 is 24.2 Å². The number of hydrogen-bond acceptors (Lipinski definition) is 5. The molecule has 0 saturated heterocycles. The van der Waals surface area contributed by atoms with E-state index in [0.29, 0.717) is 32.2 Å². The van der Waals surface area contributed by atoms with Gasteiger partial charge in [-0.2, -0.15) is 0 Å². The number of furan rings is 2. The Hall–Kier alpha value is -3.30. The van der Waals surface area contributed by atoms with Crippen molar-refractivity contribution in [1.29, 1.82) is 0 Å². The fourth-order valence-corrected chi connectivity index (χ4v) is 3.22. The van der Waals surface area contributed by atoms with Crippen LogP contribution in [0, 0.1) is 0 Å². The van der Waals surface area contributed by atoms with Crippen LogP contribution in [0.1, 0.15) is 21.1 Å². The highest BCUT2D eigenvalue weighted by atomic mass is 79.9. The Kier molecular flexibility index (Phi) is 6.24. The SMILES string of the molecule is O=C(Nc1ccc(Oc2ccc(NC(=O)c3ccc(Br)o3)cc2)cc1)c1ccc(Br)o1. The van der Waals surface area contributed by atoms with Crippen LogP contribution in [0.25, 0.3) is 0 Å². The Morgan fingerprint density at radius 1 is 0.613 bits per heavy atom. The maximum absolute atomic E-state index is 12.1. The van der Waals surface area contributed by atoms with Gasteiger partial charge in [0.15, 0.2) is 20.9 Å². The van der Waals surface area contributed by atoms with E-state index in [1.165, 1.54) is 0 Å². The van der Waals surface area contributed by atoms with Gasteiger partial charge in [-0.3, -0.25) is 9.59 Å². The molecule has 4 rings (SSSR count). The van der Waals surface area contributed by atoms with Crippen molar-refractivity contribution in [3.63, 3.8) is 0 Å². The van der Waals surface area contributed by atoms with Gasteiger partial charge in [0.2, 0.25) is 0 Å². The lowest BCUT2D eigenvalue weighted by Gasteiger charge is -2.09. The molecule has 2 heterocycles. The predicted octanol–water partition coefficient (Wildman–Crippen LogP) is 6.69. The van der Waals surface area contributed by atoms with E-state index in [1.807, 2.05) is 0 Å². The molecule has 4 aromatic rings. The topological polar surface area (TPSA) is 93.7 Å². The molecule has 0 saturated carbocycles. The Bertz CT molecular complexity index is 1120. The van der Waals surface area contributed by atoms with E-state index in [4.69, 9.17) is 13.6 Å². The molecule has 0 aliphatic heterocycles. The van der Waals surface area contributed by atoms with E-state index in [9.17, 15) is 9.59 Å². The summed E-state index contributed by atoms with van der Waals surface area (Å²) < 4.78 is 17.2. The van der Waals surface area contributed by atoms with Crippen LogP contribution in [-0.2, 0) is 0 Å². The van der Waals surface area contributed by atoms with Crippen molar-refractivity contribution in [2.24, 2.45) is 0 Å². The van der Waals surface area contributed by atoms with Crippen LogP contribution >= 0.6 is 31.9 Å². The standard InChI is InChI=1S/C22H14Br2N2O5/c23-19-11-9-17(30-19)21(27)25-13-1-5-15(6-2-13)29-16-7-3-14(4-8-16)26-22(28)18-10-12-20(24)31-18/h1-12H,(H,25,27)(H,26,28). The van der Waals surface area contributed by atoms with Gasteiger partial charge in [-0.05, 0) is 105 Å². The summed E-state index contributed by atoms with van der Waals surface area (Å²) in [6.45, 7) is 0. The molecule has 2 aromatic heterocycles. The maximum atomic E-state index is 12.1. The van der Waals surface area contributed by atoms with Crippen molar-refractivity contribution in [3.05, 3.63) is 93.7 Å². The van der Waals surface area contributed by atoms with Crippen LogP contribution in [0.4, 0.5) is 11.4 Å². The molecule has 2 aromatic carbocycles. The molecular weight excluding hydrogens is 532 g/mol. The highest BCUT2D eigenvalue weighted by Gasteiger charge is 2.12. The molecule has 0 radical (unpaired) electrons. The van der Waals surface area contributed by atoms with E-state index >= 15 is 0 Å². The molecule has 0 aliphatic rings. The molecule has 156 valence electrons. The van der Waals surface area contributed by atoms with Gasteiger partial charge in [-0.15, -0.1) is 0 Å². The number of benzene rings is 2. The number of halogens is 2. The number of rotatable bonds is 6.